The number of hydrogen-bond acceptors (Lipinski definition) is 3. The highest BCUT2D eigenvalue weighted by atomic mass is 19.1. The lowest BCUT2D eigenvalue weighted by Gasteiger charge is -1.94. The Balaban J connectivity index is 2.98. The number of benzene rings is 1. The van der Waals surface area contributed by atoms with Gasteiger partial charge in [-0.2, -0.15) is 4.39 Å². The summed E-state index contributed by atoms with van der Waals surface area (Å²) in [7, 11) is 0. The molecule has 16 heavy (non-hydrogen) atoms. The molecule has 0 aromatic heterocycles. The minimum atomic E-state index is -1.09. The van der Waals surface area contributed by atoms with Crippen molar-refractivity contribution in [3.8, 4) is 11.8 Å². The Kier molecular flexibility index (Phi) is 3.56. The molecule has 1 N–H and O–H groups in total. The molecule has 0 aliphatic heterocycles. The van der Waals surface area contributed by atoms with Crippen LogP contribution in [0.1, 0.15) is 12.0 Å². The van der Waals surface area contributed by atoms with E-state index in [4.69, 9.17) is 5.11 Å². The molecule has 1 rings (SSSR count). The van der Waals surface area contributed by atoms with Crippen molar-refractivity contribution in [3.63, 3.8) is 0 Å². The topological polar surface area (TPSA) is 80.4 Å². The molecule has 0 amide bonds. The lowest BCUT2D eigenvalue weighted by molar-refractivity contribution is -0.387. The Morgan fingerprint density at radius 1 is 1.56 bits per heavy atom. The maximum Gasteiger partial charge on any atom is 0.315 e. The van der Waals surface area contributed by atoms with Crippen molar-refractivity contribution in [3.05, 3.63) is 39.7 Å². The number of carboxylic acids is 1. The van der Waals surface area contributed by atoms with Gasteiger partial charge in [0.25, 0.3) is 0 Å². The number of aliphatic carboxylic acids is 1. The van der Waals surface area contributed by atoms with Crippen LogP contribution in [0.3, 0.4) is 0 Å². The molecule has 6 heteroatoms. The average molecular weight is 223 g/mol. The summed E-state index contributed by atoms with van der Waals surface area (Å²) in [5.74, 6) is 2.65. The molecule has 82 valence electrons. The molecule has 0 saturated heterocycles. The van der Waals surface area contributed by atoms with E-state index in [0.717, 1.165) is 12.1 Å². The third-order valence-electron chi connectivity index (χ3n) is 1.62. The summed E-state index contributed by atoms with van der Waals surface area (Å²) in [5, 5.41) is 18.7. The van der Waals surface area contributed by atoms with Crippen molar-refractivity contribution >= 4 is 11.7 Å². The van der Waals surface area contributed by atoms with E-state index < -0.39 is 22.4 Å². The normalized spacial score (nSPS) is 9.06. The van der Waals surface area contributed by atoms with Crippen molar-refractivity contribution < 1.29 is 19.2 Å². The highest BCUT2D eigenvalue weighted by molar-refractivity contribution is 5.70. The Morgan fingerprint density at radius 2 is 2.25 bits per heavy atom. The van der Waals surface area contributed by atoms with Crippen molar-refractivity contribution in [2.75, 3.05) is 0 Å². The molecular weight excluding hydrogens is 217 g/mol. The molecule has 0 bridgehead atoms. The van der Waals surface area contributed by atoms with Gasteiger partial charge in [0.15, 0.2) is 0 Å². The van der Waals surface area contributed by atoms with E-state index in [1.54, 1.807) is 0 Å². The predicted octanol–water partition coefficient (Wildman–Crippen LogP) is 1.56. The number of halogens is 1. The molecule has 0 fully saturated rings. The molecule has 0 aliphatic rings. The van der Waals surface area contributed by atoms with Gasteiger partial charge in [0.1, 0.15) is 6.42 Å². The van der Waals surface area contributed by atoms with Gasteiger partial charge in [-0.05, 0) is 12.1 Å². The molecule has 0 saturated carbocycles. The largest absolute Gasteiger partial charge is 0.481 e. The zero-order valence-electron chi connectivity index (χ0n) is 7.94. The molecule has 1 aromatic rings. The van der Waals surface area contributed by atoms with Gasteiger partial charge in [-0.15, -0.1) is 0 Å². The fourth-order valence-electron chi connectivity index (χ4n) is 0.952. The van der Waals surface area contributed by atoms with E-state index in [1.807, 2.05) is 0 Å². The predicted molar refractivity (Wildman–Crippen MR) is 52.2 cm³/mol. The van der Waals surface area contributed by atoms with E-state index in [0.29, 0.717) is 0 Å². The maximum absolute atomic E-state index is 12.9. The number of hydrogen-bond donors (Lipinski definition) is 1. The minimum Gasteiger partial charge on any atom is -0.481 e. The minimum absolute atomic E-state index is 0.203. The quantitative estimate of drug-likeness (QED) is 0.468. The summed E-state index contributed by atoms with van der Waals surface area (Å²) in [4.78, 5) is 19.7. The molecule has 0 atom stereocenters. The van der Waals surface area contributed by atoms with Crippen LogP contribution < -0.4 is 0 Å². The van der Waals surface area contributed by atoms with Crippen LogP contribution in [-0.2, 0) is 4.79 Å². The Bertz CT molecular complexity index is 501. The summed E-state index contributed by atoms with van der Waals surface area (Å²) in [6.45, 7) is 0. The van der Waals surface area contributed by atoms with Crippen LogP contribution >= 0.6 is 0 Å². The van der Waals surface area contributed by atoms with E-state index in [1.165, 1.54) is 6.07 Å². The van der Waals surface area contributed by atoms with E-state index in [9.17, 15) is 19.3 Å². The van der Waals surface area contributed by atoms with Gasteiger partial charge in [0.05, 0.1) is 4.92 Å². The molecule has 0 heterocycles. The van der Waals surface area contributed by atoms with Crippen LogP contribution in [0, 0.1) is 27.8 Å². The Morgan fingerprint density at radius 3 is 2.81 bits per heavy atom. The molecule has 5 nitrogen and oxygen atoms in total. The van der Waals surface area contributed by atoms with Gasteiger partial charge in [-0.1, -0.05) is 11.8 Å². The van der Waals surface area contributed by atoms with Crippen molar-refractivity contribution in [1.29, 1.82) is 0 Å². The number of nitro benzene ring substituents is 1. The zero-order valence-corrected chi connectivity index (χ0v) is 7.94. The molecule has 0 spiro atoms. The Hall–Kier alpha value is -2.42. The second kappa shape index (κ2) is 4.89. The molecular formula is C10H6FNO4. The Labute approximate surface area is 89.7 Å². The van der Waals surface area contributed by atoms with Crippen LogP contribution in [0.15, 0.2) is 18.2 Å². The standard InChI is InChI=1S/C10H6FNO4/c11-8-5-4-7(2-1-3-10(13)14)6-9(8)12(15)16/h4-6H,3H2,(H,13,14). The third kappa shape index (κ3) is 3.06. The first-order valence-corrected chi connectivity index (χ1v) is 4.15. The first-order chi connectivity index (χ1) is 7.50. The summed E-state index contributed by atoms with van der Waals surface area (Å²) in [6, 6.07) is 3.13. The fraction of sp³-hybridized carbons (Fsp3) is 0.100. The van der Waals surface area contributed by atoms with Crippen LogP contribution in [0.25, 0.3) is 0 Å². The van der Waals surface area contributed by atoms with E-state index in [2.05, 4.69) is 11.8 Å². The van der Waals surface area contributed by atoms with E-state index in [-0.39, 0.29) is 12.0 Å². The number of carboxylic acid groups (broad SMARTS) is 1. The van der Waals surface area contributed by atoms with Crippen LogP contribution in [0.5, 0.6) is 0 Å². The van der Waals surface area contributed by atoms with Gasteiger partial charge < -0.3 is 5.11 Å². The second-order valence-corrected chi connectivity index (χ2v) is 2.80. The van der Waals surface area contributed by atoms with Gasteiger partial charge in [0, 0.05) is 11.6 Å². The van der Waals surface area contributed by atoms with Crippen molar-refractivity contribution in [2.24, 2.45) is 0 Å². The van der Waals surface area contributed by atoms with E-state index >= 15 is 0 Å². The van der Waals surface area contributed by atoms with Crippen molar-refractivity contribution in [1.82, 2.24) is 0 Å². The second-order valence-electron chi connectivity index (χ2n) is 2.80. The van der Waals surface area contributed by atoms with Gasteiger partial charge in [0.2, 0.25) is 5.82 Å². The molecule has 0 aliphatic carbocycles. The highest BCUT2D eigenvalue weighted by Crippen LogP contribution is 2.17. The molecule has 0 unspecified atom stereocenters. The number of rotatable bonds is 2. The van der Waals surface area contributed by atoms with Gasteiger partial charge in [-0.3, -0.25) is 14.9 Å². The van der Waals surface area contributed by atoms with Gasteiger partial charge in [-0.25, -0.2) is 0 Å². The third-order valence-corrected chi connectivity index (χ3v) is 1.62. The number of nitrogens with zero attached hydrogens (tertiary/aromatic N) is 1. The van der Waals surface area contributed by atoms with Crippen molar-refractivity contribution in [2.45, 2.75) is 6.42 Å². The lowest BCUT2D eigenvalue weighted by atomic mass is 10.2. The summed E-state index contributed by atoms with van der Waals surface area (Å²) < 4.78 is 12.9. The average Bonchev–Trinajstić information content (AvgIpc) is 2.19. The summed E-state index contributed by atoms with van der Waals surface area (Å²) in [5.41, 5.74) is -0.475. The van der Waals surface area contributed by atoms with Gasteiger partial charge >= 0.3 is 11.7 Å². The first-order valence-electron chi connectivity index (χ1n) is 4.15. The molecule has 0 radical (unpaired) electrons. The number of nitro groups is 1. The first kappa shape index (κ1) is 11.7. The molecule has 1 aromatic carbocycles. The summed E-state index contributed by atoms with van der Waals surface area (Å²) in [6.07, 6.45) is -0.370. The lowest BCUT2D eigenvalue weighted by Crippen LogP contribution is -1.93. The SMILES string of the molecule is O=C(O)CC#Cc1ccc(F)c([N+](=O)[O-])c1. The monoisotopic (exact) mass is 223 g/mol. The maximum atomic E-state index is 12.9. The fourth-order valence-corrected chi connectivity index (χ4v) is 0.952. The highest BCUT2D eigenvalue weighted by Gasteiger charge is 2.13. The number of carbonyl (C=O) groups is 1. The van der Waals surface area contributed by atoms with Crippen LogP contribution in [-0.4, -0.2) is 16.0 Å². The summed E-state index contributed by atoms with van der Waals surface area (Å²) >= 11 is 0. The van der Waals surface area contributed by atoms with Crippen LogP contribution in [0.2, 0.25) is 0 Å². The van der Waals surface area contributed by atoms with Crippen LogP contribution in [0.4, 0.5) is 10.1 Å². The zero-order chi connectivity index (χ0) is 12.1. The smallest absolute Gasteiger partial charge is 0.315 e.